The largest absolute Gasteiger partial charge is 0.0628 e. The van der Waals surface area contributed by atoms with E-state index >= 15 is 0 Å². The van der Waals surface area contributed by atoms with Crippen LogP contribution >= 0.6 is 0 Å². The molecule has 0 fully saturated rings. The van der Waals surface area contributed by atoms with Crippen molar-refractivity contribution >= 4 is 0 Å². The summed E-state index contributed by atoms with van der Waals surface area (Å²) in [6, 6.07) is 0. The molecule has 0 bridgehead atoms. The molecule has 0 saturated carbocycles. The van der Waals surface area contributed by atoms with Crippen molar-refractivity contribution < 1.29 is 0 Å². The van der Waals surface area contributed by atoms with Crippen LogP contribution in [0.5, 0.6) is 0 Å². The van der Waals surface area contributed by atoms with Crippen molar-refractivity contribution in [3.8, 4) is 0 Å². The van der Waals surface area contributed by atoms with Gasteiger partial charge in [-0.05, 0) is 11.8 Å². The summed E-state index contributed by atoms with van der Waals surface area (Å²) in [7, 11) is 0. The quantitative estimate of drug-likeness (QED) is 0.411. The summed E-state index contributed by atoms with van der Waals surface area (Å²) in [5, 5.41) is 0. The maximum Gasteiger partial charge on any atom is -0.0443 e. The highest BCUT2D eigenvalue weighted by molar-refractivity contribution is 4.54. The van der Waals surface area contributed by atoms with E-state index < -0.39 is 0 Å². The van der Waals surface area contributed by atoms with E-state index in [0.29, 0.717) is 5.92 Å². The van der Waals surface area contributed by atoms with E-state index in [1.807, 2.05) is 0 Å². The van der Waals surface area contributed by atoms with E-state index in [1.165, 1.54) is 57.8 Å². The van der Waals surface area contributed by atoms with Crippen LogP contribution in [0.25, 0.3) is 0 Å². The summed E-state index contributed by atoms with van der Waals surface area (Å²) in [5.74, 6) is 1.54. The second kappa shape index (κ2) is 10.5. The van der Waals surface area contributed by atoms with Crippen LogP contribution in [0.4, 0.5) is 0 Å². The fourth-order valence-corrected chi connectivity index (χ4v) is 1.93. The minimum Gasteiger partial charge on any atom is -0.0628 e. The third kappa shape index (κ3) is 14.0. The second-order valence-corrected chi connectivity index (χ2v) is 5.55. The molecule has 0 saturated heterocycles. The number of rotatable bonds is 10. The molecule has 0 aromatic carbocycles. The van der Waals surface area contributed by atoms with Crippen LogP contribution in [0.3, 0.4) is 0 Å². The Bertz CT molecular complexity index is 99.2. The van der Waals surface area contributed by atoms with Gasteiger partial charge in [-0.2, -0.15) is 0 Å². The Kier molecular flexibility index (Phi) is 10.5. The average molecular weight is 211 g/mol. The second-order valence-electron chi connectivity index (χ2n) is 5.55. The fourth-order valence-electron chi connectivity index (χ4n) is 1.93. The molecule has 0 N–H and O–H groups in total. The van der Waals surface area contributed by atoms with E-state index in [0.717, 1.165) is 5.92 Å². The molecule has 91 valence electrons. The normalized spacial score (nSPS) is 11.6. The first-order valence-corrected chi connectivity index (χ1v) is 6.96. The summed E-state index contributed by atoms with van der Waals surface area (Å²) in [4.78, 5) is 0. The first kappa shape index (κ1) is 15.0. The zero-order valence-electron chi connectivity index (χ0n) is 11.2. The van der Waals surface area contributed by atoms with Crippen LogP contribution in [0.2, 0.25) is 0 Å². The van der Waals surface area contributed by atoms with Crippen LogP contribution in [-0.2, 0) is 0 Å². The first-order chi connectivity index (χ1) is 7.13. The van der Waals surface area contributed by atoms with Gasteiger partial charge >= 0.3 is 0 Å². The summed E-state index contributed by atoms with van der Waals surface area (Å²) in [5.41, 5.74) is 0. The van der Waals surface area contributed by atoms with E-state index in [2.05, 4.69) is 27.7 Å². The average Bonchev–Trinajstić information content (AvgIpc) is 2.14. The highest BCUT2D eigenvalue weighted by Gasteiger charge is 1.96. The van der Waals surface area contributed by atoms with Crippen molar-refractivity contribution in [2.75, 3.05) is 0 Å². The van der Waals surface area contributed by atoms with Crippen molar-refractivity contribution in [3.63, 3.8) is 0 Å². The van der Waals surface area contributed by atoms with E-state index in [-0.39, 0.29) is 0 Å². The van der Waals surface area contributed by atoms with Gasteiger partial charge in [0.05, 0.1) is 0 Å². The van der Waals surface area contributed by atoms with Crippen molar-refractivity contribution in [2.24, 2.45) is 11.8 Å². The number of hydrogen-bond acceptors (Lipinski definition) is 0. The van der Waals surface area contributed by atoms with Gasteiger partial charge in [-0.1, -0.05) is 85.5 Å². The van der Waals surface area contributed by atoms with Gasteiger partial charge in [0.2, 0.25) is 0 Å². The molecule has 1 radical (unpaired) electrons. The highest BCUT2D eigenvalue weighted by atomic mass is 14.0. The molecule has 0 amide bonds. The molecule has 0 heteroatoms. The van der Waals surface area contributed by atoms with E-state index in [1.54, 1.807) is 0 Å². The van der Waals surface area contributed by atoms with E-state index in [4.69, 9.17) is 0 Å². The lowest BCUT2D eigenvalue weighted by Crippen LogP contribution is -1.89. The molecule has 0 aromatic rings. The lowest BCUT2D eigenvalue weighted by molar-refractivity contribution is 0.500. The molecule has 15 heavy (non-hydrogen) atoms. The fraction of sp³-hybridized carbons (Fsp3) is 0.933. The molecule has 0 heterocycles. The summed E-state index contributed by atoms with van der Waals surface area (Å²) in [6.45, 7) is 10.9. The van der Waals surface area contributed by atoms with Crippen molar-refractivity contribution in [1.29, 1.82) is 0 Å². The van der Waals surface area contributed by atoms with Gasteiger partial charge in [-0.25, -0.2) is 0 Å². The number of unbranched alkanes of at least 4 members (excludes halogenated alkanes) is 6. The van der Waals surface area contributed by atoms with Crippen molar-refractivity contribution in [1.82, 2.24) is 0 Å². The van der Waals surface area contributed by atoms with E-state index in [9.17, 15) is 0 Å². The van der Waals surface area contributed by atoms with Crippen molar-refractivity contribution in [3.05, 3.63) is 6.92 Å². The van der Waals surface area contributed by atoms with Gasteiger partial charge in [0.1, 0.15) is 0 Å². The molecule has 1 unspecified atom stereocenters. The molecular weight excluding hydrogens is 180 g/mol. The standard InChI is InChI=1S/C15H31/c1-14(2)12-10-8-6-5-7-9-11-13-15(3)4/h14-15H,1,5-13H2,2-4H3. The third-order valence-corrected chi connectivity index (χ3v) is 2.98. The maximum atomic E-state index is 4.01. The predicted molar refractivity (Wildman–Crippen MR) is 70.9 cm³/mol. The predicted octanol–water partition coefficient (Wildman–Crippen LogP) is 5.62. The lowest BCUT2D eigenvalue weighted by Gasteiger charge is -2.05. The summed E-state index contributed by atoms with van der Waals surface area (Å²) in [6.07, 6.45) is 12.8. The molecule has 0 aliphatic rings. The minimum atomic E-state index is 0.649. The monoisotopic (exact) mass is 211 g/mol. The molecule has 0 rings (SSSR count). The first-order valence-electron chi connectivity index (χ1n) is 6.96. The zero-order chi connectivity index (χ0) is 11.5. The molecule has 0 aliphatic heterocycles. The van der Waals surface area contributed by atoms with Gasteiger partial charge in [0.15, 0.2) is 0 Å². The van der Waals surface area contributed by atoms with Gasteiger partial charge in [-0.3, -0.25) is 0 Å². The summed E-state index contributed by atoms with van der Waals surface area (Å²) < 4.78 is 0. The molecule has 0 aliphatic carbocycles. The molecule has 0 nitrogen and oxygen atoms in total. The van der Waals surface area contributed by atoms with Gasteiger partial charge in [0.25, 0.3) is 0 Å². The Hall–Kier alpha value is 0. The minimum absolute atomic E-state index is 0.649. The van der Waals surface area contributed by atoms with Crippen LogP contribution in [0.1, 0.15) is 78.6 Å². The van der Waals surface area contributed by atoms with Crippen LogP contribution in [0.15, 0.2) is 0 Å². The Morgan fingerprint density at radius 2 is 1.07 bits per heavy atom. The van der Waals surface area contributed by atoms with Crippen LogP contribution in [0, 0.1) is 18.8 Å². The topological polar surface area (TPSA) is 0 Å². The smallest absolute Gasteiger partial charge is 0.0443 e. The van der Waals surface area contributed by atoms with Crippen LogP contribution in [-0.4, -0.2) is 0 Å². The summed E-state index contributed by atoms with van der Waals surface area (Å²) >= 11 is 0. The van der Waals surface area contributed by atoms with Gasteiger partial charge < -0.3 is 0 Å². The lowest BCUT2D eigenvalue weighted by atomic mass is 10.0. The third-order valence-electron chi connectivity index (χ3n) is 2.98. The molecular formula is C15H31. The van der Waals surface area contributed by atoms with Crippen LogP contribution < -0.4 is 0 Å². The highest BCUT2D eigenvalue weighted by Crippen LogP contribution is 2.13. The molecule has 1 atom stereocenters. The molecule has 0 aromatic heterocycles. The Balaban J connectivity index is 2.93. The van der Waals surface area contributed by atoms with Gasteiger partial charge in [-0.15, -0.1) is 0 Å². The SMILES string of the molecule is [CH2]C(C)CCCCCCCCCC(C)C. The molecule has 0 spiro atoms. The maximum absolute atomic E-state index is 4.01. The number of hydrogen-bond donors (Lipinski definition) is 0. The zero-order valence-corrected chi connectivity index (χ0v) is 11.2. The van der Waals surface area contributed by atoms with Crippen molar-refractivity contribution in [2.45, 2.75) is 78.6 Å². The Morgan fingerprint density at radius 1 is 0.667 bits per heavy atom. The Labute approximate surface area is 97.8 Å². The Morgan fingerprint density at radius 3 is 1.47 bits per heavy atom. The van der Waals surface area contributed by atoms with Gasteiger partial charge in [0, 0.05) is 0 Å².